The predicted molar refractivity (Wildman–Crippen MR) is 70.8 cm³/mol. The monoisotopic (exact) mass is 261 g/mol. The minimum absolute atomic E-state index is 0.00485. The number of rotatable bonds is 5. The summed E-state index contributed by atoms with van der Waals surface area (Å²) < 4.78 is 1.52. The number of carbonyl (C=O) groups excluding carboxylic acids is 1. The van der Waals surface area contributed by atoms with E-state index in [1.54, 1.807) is 12.3 Å². The van der Waals surface area contributed by atoms with Crippen molar-refractivity contribution >= 4 is 22.4 Å². The maximum Gasteiger partial charge on any atom is 0.271 e. The fourth-order valence-electron chi connectivity index (χ4n) is 1.83. The van der Waals surface area contributed by atoms with Crippen molar-refractivity contribution in [1.82, 2.24) is 9.78 Å². The lowest BCUT2D eigenvalue weighted by atomic mass is 10.0. The number of fused-ring (bicyclic) bond motifs is 1. The van der Waals surface area contributed by atoms with Crippen molar-refractivity contribution in [2.24, 2.45) is 5.92 Å². The van der Waals surface area contributed by atoms with Crippen LogP contribution >= 0.6 is 0 Å². The Hall–Kier alpha value is -2.24. The van der Waals surface area contributed by atoms with Gasteiger partial charge in [-0.05, 0) is 12.5 Å². The molecule has 0 radical (unpaired) electrons. The highest BCUT2D eigenvalue weighted by atomic mass is 16.6. The highest BCUT2D eigenvalue weighted by Gasteiger charge is 2.15. The van der Waals surface area contributed by atoms with Crippen LogP contribution < -0.4 is 0 Å². The summed E-state index contributed by atoms with van der Waals surface area (Å²) in [6, 6.07) is 4.53. The largest absolute Gasteiger partial charge is 0.297 e. The maximum atomic E-state index is 11.9. The molecule has 0 aliphatic carbocycles. The molecular weight excluding hydrogens is 246 g/mol. The second-order valence-corrected chi connectivity index (χ2v) is 4.58. The van der Waals surface area contributed by atoms with E-state index >= 15 is 0 Å². The number of carbonyl (C=O) groups is 1. The van der Waals surface area contributed by atoms with E-state index in [-0.39, 0.29) is 23.9 Å². The molecule has 1 aromatic carbocycles. The van der Waals surface area contributed by atoms with E-state index in [1.165, 1.54) is 16.8 Å². The van der Waals surface area contributed by atoms with Gasteiger partial charge in [0, 0.05) is 23.4 Å². The first-order chi connectivity index (χ1) is 9.02. The molecule has 0 spiro atoms. The second kappa shape index (κ2) is 5.17. The van der Waals surface area contributed by atoms with Gasteiger partial charge in [0.05, 0.1) is 16.6 Å². The molecule has 2 rings (SSSR count). The molecule has 1 aromatic heterocycles. The van der Waals surface area contributed by atoms with E-state index in [0.717, 1.165) is 11.8 Å². The molecule has 19 heavy (non-hydrogen) atoms. The maximum absolute atomic E-state index is 11.9. The van der Waals surface area contributed by atoms with E-state index in [2.05, 4.69) is 5.10 Å². The Morgan fingerprint density at radius 1 is 1.53 bits per heavy atom. The third-order valence-corrected chi connectivity index (χ3v) is 3.31. The van der Waals surface area contributed by atoms with E-state index in [0.29, 0.717) is 5.52 Å². The van der Waals surface area contributed by atoms with Gasteiger partial charge in [-0.25, -0.2) is 0 Å². The molecule has 6 heteroatoms. The quantitative estimate of drug-likeness (QED) is 0.612. The zero-order valence-electron chi connectivity index (χ0n) is 10.9. The van der Waals surface area contributed by atoms with Crippen molar-refractivity contribution < 1.29 is 9.72 Å². The lowest BCUT2D eigenvalue weighted by Crippen LogP contribution is -2.17. The number of Topliss-reactive ketones (excluding diaryl/α,β-unsaturated/α-hetero) is 1. The van der Waals surface area contributed by atoms with Gasteiger partial charge in [0.2, 0.25) is 0 Å². The number of nitrogens with zero attached hydrogens (tertiary/aromatic N) is 3. The molecule has 0 aliphatic heterocycles. The molecule has 0 saturated carbocycles. The van der Waals surface area contributed by atoms with E-state index < -0.39 is 4.92 Å². The standard InChI is InChI=1S/C13H15N3O3/c1-3-9(2)13(17)8-15-12-6-11(16(18)19)5-4-10(12)7-14-15/h4-7,9H,3,8H2,1-2H3. The highest BCUT2D eigenvalue weighted by Crippen LogP contribution is 2.21. The van der Waals surface area contributed by atoms with Gasteiger partial charge >= 0.3 is 0 Å². The van der Waals surface area contributed by atoms with Crippen LogP contribution in [0.3, 0.4) is 0 Å². The summed E-state index contributed by atoms with van der Waals surface area (Å²) in [5, 5.41) is 15.7. The van der Waals surface area contributed by atoms with Gasteiger partial charge in [0.25, 0.3) is 5.69 Å². The van der Waals surface area contributed by atoms with Gasteiger partial charge in [0.15, 0.2) is 5.78 Å². The van der Waals surface area contributed by atoms with Crippen LogP contribution in [0.25, 0.3) is 10.9 Å². The average molecular weight is 261 g/mol. The third kappa shape index (κ3) is 2.62. The normalized spacial score (nSPS) is 12.5. The summed E-state index contributed by atoms with van der Waals surface area (Å²) in [5.41, 5.74) is 0.621. The number of ketones is 1. The van der Waals surface area contributed by atoms with E-state index in [9.17, 15) is 14.9 Å². The molecule has 0 saturated heterocycles. The number of benzene rings is 1. The Kier molecular flexibility index (Phi) is 3.59. The first kappa shape index (κ1) is 13.2. The Morgan fingerprint density at radius 3 is 2.89 bits per heavy atom. The minimum Gasteiger partial charge on any atom is -0.297 e. The van der Waals surface area contributed by atoms with E-state index in [1.807, 2.05) is 13.8 Å². The third-order valence-electron chi connectivity index (χ3n) is 3.31. The Balaban J connectivity index is 2.36. The summed E-state index contributed by atoms with van der Waals surface area (Å²) in [5.74, 6) is 0.0527. The fourth-order valence-corrected chi connectivity index (χ4v) is 1.83. The van der Waals surface area contributed by atoms with Crippen molar-refractivity contribution in [1.29, 1.82) is 0 Å². The van der Waals surface area contributed by atoms with E-state index in [4.69, 9.17) is 0 Å². The van der Waals surface area contributed by atoms with Crippen molar-refractivity contribution in [3.05, 3.63) is 34.5 Å². The van der Waals surface area contributed by atoms with Crippen LogP contribution in [0.2, 0.25) is 0 Å². The molecular formula is C13H15N3O3. The predicted octanol–water partition coefficient (Wildman–Crippen LogP) is 2.56. The fraction of sp³-hybridized carbons (Fsp3) is 0.385. The number of nitro groups is 1. The van der Waals surface area contributed by atoms with Gasteiger partial charge in [-0.2, -0.15) is 5.10 Å². The minimum atomic E-state index is -0.451. The summed E-state index contributed by atoms with van der Waals surface area (Å²) in [7, 11) is 0. The SMILES string of the molecule is CCC(C)C(=O)Cn1ncc2ccc([N+](=O)[O-])cc21. The van der Waals surface area contributed by atoms with Crippen molar-refractivity contribution in [3.63, 3.8) is 0 Å². The zero-order valence-corrected chi connectivity index (χ0v) is 10.9. The molecule has 100 valence electrons. The molecule has 0 amide bonds. The Labute approximate surface area is 110 Å². The summed E-state index contributed by atoms with van der Waals surface area (Å²) in [6.07, 6.45) is 2.39. The lowest BCUT2D eigenvalue weighted by Gasteiger charge is -2.08. The van der Waals surface area contributed by atoms with Crippen LogP contribution in [-0.2, 0) is 11.3 Å². The highest BCUT2D eigenvalue weighted by molar-refractivity contribution is 5.85. The number of nitro benzene ring substituents is 1. The lowest BCUT2D eigenvalue weighted by molar-refractivity contribution is -0.384. The van der Waals surface area contributed by atoms with Gasteiger partial charge < -0.3 is 0 Å². The van der Waals surface area contributed by atoms with Crippen LogP contribution in [0, 0.1) is 16.0 Å². The Morgan fingerprint density at radius 2 is 2.26 bits per heavy atom. The number of hydrogen-bond acceptors (Lipinski definition) is 4. The first-order valence-corrected chi connectivity index (χ1v) is 6.15. The van der Waals surface area contributed by atoms with Gasteiger partial charge in [0.1, 0.15) is 6.54 Å². The Bertz CT molecular complexity index is 633. The van der Waals surface area contributed by atoms with Crippen LogP contribution in [0.5, 0.6) is 0 Å². The topological polar surface area (TPSA) is 78.0 Å². The van der Waals surface area contributed by atoms with Crippen molar-refractivity contribution in [3.8, 4) is 0 Å². The van der Waals surface area contributed by atoms with Crippen LogP contribution in [0.1, 0.15) is 20.3 Å². The van der Waals surface area contributed by atoms with Gasteiger partial charge in [-0.1, -0.05) is 13.8 Å². The molecule has 0 N–H and O–H groups in total. The van der Waals surface area contributed by atoms with Crippen molar-refractivity contribution in [2.45, 2.75) is 26.8 Å². The zero-order chi connectivity index (χ0) is 14.0. The molecule has 2 aromatic rings. The van der Waals surface area contributed by atoms with Crippen LogP contribution in [-0.4, -0.2) is 20.5 Å². The molecule has 0 aliphatic rings. The second-order valence-electron chi connectivity index (χ2n) is 4.58. The summed E-state index contributed by atoms with van der Waals surface area (Å²) in [6.45, 7) is 3.98. The average Bonchev–Trinajstić information content (AvgIpc) is 2.80. The molecule has 1 heterocycles. The molecule has 0 bridgehead atoms. The molecule has 6 nitrogen and oxygen atoms in total. The molecule has 0 fully saturated rings. The molecule has 1 unspecified atom stereocenters. The molecule has 1 atom stereocenters. The van der Waals surface area contributed by atoms with Gasteiger partial charge in [-0.3, -0.25) is 19.6 Å². The van der Waals surface area contributed by atoms with Crippen LogP contribution in [0.15, 0.2) is 24.4 Å². The number of aromatic nitrogens is 2. The van der Waals surface area contributed by atoms with Crippen LogP contribution in [0.4, 0.5) is 5.69 Å². The summed E-state index contributed by atoms with van der Waals surface area (Å²) >= 11 is 0. The smallest absolute Gasteiger partial charge is 0.271 e. The first-order valence-electron chi connectivity index (χ1n) is 6.15. The summed E-state index contributed by atoms with van der Waals surface area (Å²) in [4.78, 5) is 22.2. The van der Waals surface area contributed by atoms with Crippen molar-refractivity contribution in [2.75, 3.05) is 0 Å². The number of non-ortho nitro benzene ring substituents is 1. The number of hydrogen-bond donors (Lipinski definition) is 0. The van der Waals surface area contributed by atoms with Gasteiger partial charge in [-0.15, -0.1) is 0 Å².